The van der Waals surface area contributed by atoms with Gasteiger partial charge in [0, 0.05) is 18.4 Å². The zero-order valence-corrected chi connectivity index (χ0v) is 12.8. The van der Waals surface area contributed by atoms with E-state index in [0.717, 1.165) is 12.3 Å². The minimum atomic E-state index is -0.647. The third-order valence-corrected chi connectivity index (χ3v) is 5.50. The predicted molar refractivity (Wildman–Crippen MR) is 76.3 cm³/mol. The van der Waals surface area contributed by atoms with Crippen LogP contribution in [0.4, 0.5) is 8.78 Å². The highest BCUT2D eigenvalue weighted by Gasteiger charge is 2.40. The quantitative estimate of drug-likeness (QED) is 0.727. The summed E-state index contributed by atoms with van der Waals surface area (Å²) in [6.45, 7) is 0. The standard InChI is InChI=1S/C16H17BrF2O/c17-14-3-4-15(18)13(16(14)19)8-12(20)7-11-6-9-1-2-10(11)5-9/h3-4,9-11H,1-2,5-8H2. The van der Waals surface area contributed by atoms with Gasteiger partial charge in [-0.3, -0.25) is 4.79 Å². The first-order chi connectivity index (χ1) is 9.54. The highest BCUT2D eigenvalue weighted by Crippen LogP contribution is 2.49. The summed E-state index contributed by atoms with van der Waals surface area (Å²) in [5, 5.41) is 0. The van der Waals surface area contributed by atoms with Gasteiger partial charge >= 0.3 is 0 Å². The van der Waals surface area contributed by atoms with Crippen LogP contribution in [-0.2, 0) is 11.2 Å². The Hall–Kier alpha value is -0.770. The summed E-state index contributed by atoms with van der Waals surface area (Å²) in [5.74, 6) is 0.578. The van der Waals surface area contributed by atoms with Crippen LogP contribution in [0, 0.1) is 29.4 Å². The summed E-state index contributed by atoms with van der Waals surface area (Å²) >= 11 is 3.03. The van der Waals surface area contributed by atoms with E-state index in [1.54, 1.807) is 0 Å². The fourth-order valence-corrected chi connectivity index (χ4v) is 4.29. The zero-order valence-electron chi connectivity index (χ0n) is 11.2. The van der Waals surface area contributed by atoms with E-state index < -0.39 is 11.6 Å². The molecular formula is C16H17BrF2O. The number of ketones is 1. The van der Waals surface area contributed by atoms with Crippen molar-refractivity contribution in [3.8, 4) is 0 Å². The molecule has 0 aromatic heterocycles. The van der Waals surface area contributed by atoms with Crippen molar-refractivity contribution < 1.29 is 13.6 Å². The van der Waals surface area contributed by atoms with Gasteiger partial charge in [-0.2, -0.15) is 0 Å². The molecule has 108 valence electrons. The van der Waals surface area contributed by atoms with Gasteiger partial charge in [0.05, 0.1) is 4.47 Å². The molecule has 0 heterocycles. The molecule has 2 aliphatic rings. The lowest BCUT2D eigenvalue weighted by atomic mass is 9.84. The van der Waals surface area contributed by atoms with Crippen molar-refractivity contribution in [1.29, 1.82) is 0 Å². The Bertz CT molecular complexity index is 544. The molecule has 1 aromatic carbocycles. The van der Waals surface area contributed by atoms with Gasteiger partial charge in [-0.1, -0.05) is 6.42 Å². The van der Waals surface area contributed by atoms with Gasteiger partial charge in [0.15, 0.2) is 0 Å². The van der Waals surface area contributed by atoms with Gasteiger partial charge in [0.1, 0.15) is 17.4 Å². The van der Waals surface area contributed by atoms with E-state index in [9.17, 15) is 13.6 Å². The first-order valence-corrected chi connectivity index (χ1v) is 7.98. The van der Waals surface area contributed by atoms with E-state index in [2.05, 4.69) is 15.9 Å². The zero-order chi connectivity index (χ0) is 14.3. The summed E-state index contributed by atoms with van der Waals surface area (Å²) in [7, 11) is 0. The van der Waals surface area contributed by atoms with Gasteiger partial charge in [0.2, 0.25) is 0 Å². The number of Topliss-reactive ketones (excluding diaryl/α,β-unsaturated/α-hetero) is 1. The summed E-state index contributed by atoms with van der Waals surface area (Å²) in [5.41, 5.74) is -0.104. The van der Waals surface area contributed by atoms with Crippen LogP contribution in [0.1, 0.15) is 37.7 Å². The van der Waals surface area contributed by atoms with Crippen molar-refractivity contribution in [2.45, 2.75) is 38.5 Å². The average molecular weight is 343 g/mol. The fraction of sp³-hybridized carbons (Fsp3) is 0.562. The molecule has 20 heavy (non-hydrogen) atoms. The first kappa shape index (κ1) is 14.2. The number of benzene rings is 1. The molecule has 3 atom stereocenters. The number of rotatable bonds is 4. The van der Waals surface area contributed by atoms with Crippen LogP contribution in [0.5, 0.6) is 0 Å². The third kappa shape index (κ3) is 2.67. The Kier molecular flexibility index (Phi) is 3.93. The van der Waals surface area contributed by atoms with E-state index >= 15 is 0 Å². The Labute approximate surface area is 125 Å². The predicted octanol–water partition coefficient (Wildman–Crippen LogP) is 4.67. The van der Waals surface area contributed by atoms with Crippen LogP contribution in [-0.4, -0.2) is 5.78 Å². The number of fused-ring (bicyclic) bond motifs is 2. The third-order valence-electron chi connectivity index (χ3n) is 4.89. The molecule has 2 fully saturated rings. The Morgan fingerprint density at radius 2 is 2.05 bits per heavy atom. The summed E-state index contributed by atoms with van der Waals surface area (Å²) in [6.07, 6.45) is 5.24. The lowest BCUT2D eigenvalue weighted by Gasteiger charge is -2.20. The summed E-state index contributed by atoms with van der Waals surface area (Å²) in [4.78, 5) is 12.1. The molecule has 4 heteroatoms. The van der Waals surface area contributed by atoms with Crippen LogP contribution in [0.2, 0.25) is 0 Å². The maximum atomic E-state index is 13.8. The second-order valence-corrected chi connectivity index (χ2v) is 7.03. The molecule has 0 amide bonds. The molecule has 3 rings (SSSR count). The Morgan fingerprint density at radius 3 is 2.70 bits per heavy atom. The van der Waals surface area contributed by atoms with Crippen LogP contribution >= 0.6 is 15.9 Å². The molecule has 1 nitrogen and oxygen atoms in total. The lowest BCUT2D eigenvalue weighted by molar-refractivity contribution is -0.119. The Morgan fingerprint density at radius 1 is 1.25 bits per heavy atom. The molecule has 0 radical (unpaired) electrons. The van der Waals surface area contributed by atoms with E-state index in [1.165, 1.54) is 31.4 Å². The summed E-state index contributed by atoms with van der Waals surface area (Å²) in [6, 6.07) is 2.53. The van der Waals surface area contributed by atoms with E-state index in [-0.39, 0.29) is 22.2 Å². The molecular weight excluding hydrogens is 326 g/mol. The number of carbonyl (C=O) groups is 1. The number of hydrogen-bond acceptors (Lipinski definition) is 1. The molecule has 2 bridgehead atoms. The lowest BCUT2D eigenvalue weighted by Crippen LogP contribution is -2.17. The van der Waals surface area contributed by atoms with E-state index in [0.29, 0.717) is 18.3 Å². The topological polar surface area (TPSA) is 17.1 Å². The van der Waals surface area contributed by atoms with Gasteiger partial charge in [-0.05, 0) is 65.1 Å². The largest absolute Gasteiger partial charge is 0.299 e. The fourth-order valence-electron chi connectivity index (χ4n) is 3.92. The van der Waals surface area contributed by atoms with Crippen molar-refractivity contribution >= 4 is 21.7 Å². The van der Waals surface area contributed by atoms with Gasteiger partial charge in [-0.25, -0.2) is 8.78 Å². The Balaban J connectivity index is 1.66. The smallest absolute Gasteiger partial charge is 0.143 e. The van der Waals surface area contributed by atoms with Crippen molar-refractivity contribution in [1.82, 2.24) is 0 Å². The second kappa shape index (κ2) is 5.55. The van der Waals surface area contributed by atoms with Crippen molar-refractivity contribution in [2.24, 2.45) is 17.8 Å². The molecule has 2 aliphatic carbocycles. The van der Waals surface area contributed by atoms with Crippen LogP contribution in [0.25, 0.3) is 0 Å². The molecule has 0 saturated heterocycles. The normalized spacial score (nSPS) is 28.1. The van der Waals surface area contributed by atoms with Gasteiger partial charge in [-0.15, -0.1) is 0 Å². The van der Waals surface area contributed by atoms with Crippen LogP contribution < -0.4 is 0 Å². The molecule has 0 spiro atoms. The minimum Gasteiger partial charge on any atom is -0.299 e. The number of carbonyl (C=O) groups excluding carboxylic acids is 1. The van der Waals surface area contributed by atoms with E-state index in [1.807, 2.05) is 0 Å². The van der Waals surface area contributed by atoms with Crippen molar-refractivity contribution in [3.05, 3.63) is 33.8 Å². The SMILES string of the molecule is O=C(Cc1c(F)ccc(Br)c1F)CC1CC2CCC1C2. The maximum Gasteiger partial charge on any atom is 0.143 e. The maximum absolute atomic E-state index is 13.8. The average Bonchev–Trinajstić information content (AvgIpc) is 3.01. The number of hydrogen-bond donors (Lipinski definition) is 0. The monoisotopic (exact) mass is 342 g/mol. The highest BCUT2D eigenvalue weighted by molar-refractivity contribution is 9.10. The molecule has 1 aromatic rings. The van der Waals surface area contributed by atoms with Gasteiger partial charge in [0.25, 0.3) is 0 Å². The number of halogens is 3. The van der Waals surface area contributed by atoms with Crippen molar-refractivity contribution in [3.63, 3.8) is 0 Å². The minimum absolute atomic E-state index is 0.0431. The molecule has 2 saturated carbocycles. The summed E-state index contributed by atoms with van der Waals surface area (Å²) < 4.78 is 27.7. The van der Waals surface area contributed by atoms with Gasteiger partial charge < -0.3 is 0 Å². The highest BCUT2D eigenvalue weighted by atomic mass is 79.9. The first-order valence-electron chi connectivity index (χ1n) is 7.18. The van der Waals surface area contributed by atoms with Crippen LogP contribution in [0.15, 0.2) is 16.6 Å². The van der Waals surface area contributed by atoms with Crippen molar-refractivity contribution in [2.75, 3.05) is 0 Å². The molecule has 0 N–H and O–H groups in total. The molecule has 0 aliphatic heterocycles. The van der Waals surface area contributed by atoms with E-state index in [4.69, 9.17) is 0 Å². The van der Waals surface area contributed by atoms with Crippen LogP contribution in [0.3, 0.4) is 0 Å². The molecule has 3 unspecified atom stereocenters. The second-order valence-electron chi connectivity index (χ2n) is 6.18.